The van der Waals surface area contributed by atoms with E-state index in [9.17, 15) is 22.0 Å². The Labute approximate surface area is 139 Å². The monoisotopic (exact) mass is 417 g/mol. The summed E-state index contributed by atoms with van der Waals surface area (Å²) in [7, 11) is 0. The molecule has 0 aliphatic heterocycles. The molecule has 0 unspecified atom stereocenters. The molecule has 0 atom stereocenters. The third-order valence-electron chi connectivity index (χ3n) is 2.79. The maximum absolute atomic E-state index is 14.0. The van der Waals surface area contributed by atoms with Crippen molar-refractivity contribution in [3.63, 3.8) is 0 Å². The van der Waals surface area contributed by atoms with Crippen LogP contribution in [0.4, 0.5) is 22.0 Å². The van der Waals surface area contributed by atoms with Crippen molar-refractivity contribution in [2.75, 3.05) is 0 Å². The van der Waals surface area contributed by atoms with Gasteiger partial charge in [-0.15, -0.1) is 0 Å². The Hall–Kier alpha value is -0.390. The predicted octanol–water partition coefficient (Wildman–Crippen LogP) is 5.46. The van der Waals surface area contributed by atoms with E-state index in [0.29, 0.717) is 4.34 Å². The van der Waals surface area contributed by atoms with E-state index in [0.717, 1.165) is 12.4 Å². The Morgan fingerprint density at radius 3 is 1.41 bits per heavy atom. The molecule has 1 aromatic carbocycles. The average Bonchev–Trinajstić information content (AvgIpc) is 2.43. The van der Waals surface area contributed by atoms with E-state index in [4.69, 9.17) is 45.0 Å². The van der Waals surface area contributed by atoms with Gasteiger partial charge in [0, 0.05) is 0 Å². The topological polar surface area (TPSA) is 3.88 Å². The van der Waals surface area contributed by atoms with Crippen molar-refractivity contribution in [3.05, 3.63) is 59.7 Å². The van der Waals surface area contributed by atoms with E-state index in [1.165, 1.54) is 18.2 Å². The van der Waals surface area contributed by atoms with Gasteiger partial charge in [0.05, 0.1) is 0 Å². The Balaban J connectivity index is 3.03. The molecule has 1 aromatic heterocycles. The van der Waals surface area contributed by atoms with Crippen molar-refractivity contribution in [2.24, 2.45) is 0 Å². The molecule has 1 nitrogen and oxygen atoms in total. The van der Waals surface area contributed by atoms with E-state index in [1.807, 2.05) is 0 Å². The van der Waals surface area contributed by atoms with Crippen molar-refractivity contribution in [1.29, 1.82) is 0 Å². The number of nitrogens with zero attached hydrogens (tertiary/aromatic N) is 1. The Morgan fingerprint density at radius 2 is 1.00 bits per heavy atom. The van der Waals surface area contributed by atoms with Gasteiger partial charge in [-0.25, -0.2) is 0 Å². The molecule has 0 aliphatic carbocycles. The molecule has 2 rings (SSSR count). The van der Waals surface area contributed by atoms with E-state index < -0.39 is 37.9 Å². The summed E-state index contributed by atoms with van der Waals surface area (Å²) in [6.07, 6.45) is 2.07. The van der Waals surface area contributed by atoms with Crippen molar-refractivity contribution in [1.82, 2.24) is 0 Å². The second-order valence-corrected chi connectivity index (χ2v) is 20.5. The van der Waals surface area contributed by atoms with Crippen LogP contribution in [0, 0.1) is 29.1 Å². The number of rotatable bonds is 2. The van der Waals surface area contributed by atoms with E-state index >= 15 is 0 Å². The normalized spacial score (nSPS) is 15.3. The fourth-order valence-electron chi connectivity index (χ4n) is 1.75. The molecule has 11 heteroatoms. The third kappa shape index (κ3) is 2.55. The van der Waals surface area contributed by atoms with Gasteiger partial charge in [0.2, 0.25) is 0 Å². The van der Waals surface area contributed by atoms with Crippen LogP contribution in [0.3, 0.4) is 0 Å². The number of halogens is 9. The van der Waals surface area contributed by atoms with Crippen molar-refractivity contribution in [2.45, 2.75) is 0 Å². The van der Waals surface area contributed by atoms with Crippen LogP contribution in [0.15, 0.2) is 30.6 Å². The van der Waals surface area contributed by atoms with Gasteiger partial charge < -0.3 is 0 Å². The van der Waals surface area contributed by atoms with Gasteiger partial charge in [-0.2, -0.15) is 0 Å². The number of pyridine rings is 1. The average molecular weight is 419 g/mol. The summed E-state index contributed by atoms with van der Waals surface area (Å²) in [5.74, 6) is -11.5. The zero-order chi connectivity index (χ0) is 17.0. The third-order valence-corrected chi connectivity index (χ3v) is 9.38. The van der Waals surface area contributed by atoms with Gasteiger partial charge in [0.15, 0.2) is 0 Å². The van der Waals surface area contributed by atoms with Crippen molar-refractivity contribution >= 4 is 53.8 Å². The molecule has 0 aliphatic rings. The summed E-state index contributed by atoms with van der Waals surface area (Å²) < 4.78 is 62.2. The van der Waals surface area contributed by atoms with Crippen molar-refractivity contribution in [3.8, 4) is 0 Å². The molecule has 0 N–H and O–H groups in total. The first-order chi connectivity index (χ1) is 9.81. The second-order valence-electron chi connectivity index (χ2n) is 4.30. The summed E-state index contributed by atoms with van der Waals surface area (Å²) in [4.78, 5) is 0. The van der Waals surface area contributed by atoms with Crippen molar-refractivity contribution < 1.29 is 26.3 Å². The zero-order valence-electron chi connectivity index (χ0n) is 10.2. The van der Waals surface area contributed by atoms with Gasteiger partial charge in [0.1, 0.15) is 0 Å². The zero-order valence-corrected chi connectivity index (χ0v) is 14.1. The summed E-state index contributed by atoms with van der Waals surface area (Å²) >= 11 is 23.9. The minimum absolute atomic E-state index is 0.606. The van der Waals surface area contributed by atoms with E-state index in [-0.39, 0.29) is 0 Å². The van der Waals surface area contributed by atoms with E-state index in [2.05, 4.69) is 0 Å². The number of benzene rings is 1. The van der Waals surface area contributed by atoms with Gasteiger partial charge in [-0.1, -0.05) is 0 Å². The van der Waals surface area contributed by atoms with Crippen LogP contribution >= 0.6 is 48.5 Å². The molecule has 1 heterocycles. The Bertz CT molecular complexity index is 748. The second kappa shape index (κ2) is 4.81. The molecule has 0 spiro atoms. The molecule has 0 amide bonds. The Morgan fingerprint density at radius 1 is 0.636 bits per heavy atom. The summed E-state index contributed by atoms with van der Waals surface area (Å²) in [6.45, 7) is 0. The Kier molecular flexibility index (Phi) is 3.92. The van der Waals surface area contributed by atoms with Crippen LogP contribution < -0.4 is 9.64 Å². The van der Waals surface area contributed by atoms with Crippen LogP contribution in [-0.2, 0) is 0 Å². The fourth-order valence-corrected chi connectivity index (χ4v) is 6.63. The first kappa shape index (κ1) is 18.0. The van der Waals surface area contributed by atoms with Gasteiger partial charge in [0.25, 0.3) is 0 Å². The minimum atomic E-state index is -6.43. The van der Waals surface area contributed by atoms with E-state index in [1.54, 1.807) is 0 Å². The SMILES string of the molecule is Fc1c(F)c(F)c([P-](Cl)(Cl)(Cl)(Cl)[n+]2ccccc2)c(F)c1F. The molecular formula is C11H5Cl4F5NP. The molecule has 2 aromatic rings. The van der Waals surface area contributed by atoms with Crippen LogP contribution in [0.1, 0.15) is 0 Å². The number of aromatic nitrogens is 1. The molecule has 22 heavy (non-hydrogen) atoms. The summed E-state index contributed by atoms with van der Waals surface area (Å²) in [6, 6.07) is 4.06. The van der Waals surface area contributed by atoms with Crippen LogP contribution in [0.25, 0.3) is 0 Å². The number of hydrogen-bond donors (Lipinski definition) is 0. The predicted molar refractivity (Wildman–Crippen MR) is 78.2 cm³/mol. The molecule has 0 saturated carbocycles. The van der Waals surface area contributed by atoms with Crippen LogP contribution in [0.2, 0.25) is 0 Å². The number of hydrogen-bond acceptors (Lipinski definition) is 0. The van der Waals surface area contributed by atoms with Crippen LogP contribution in [0.5, 0.6) is 0 Å². The molecule has 0 bridgehead atoms. The first-order valence-electron chi connectivity index (χ1n) is 5.39. The molecule has 0 radical (unpaired) electrons. The van der Waals surface area contributed by atoms with Gasteiger partial charge in [-0.05, 0) is 0 Å². The quantitative estimate of drug-likeness (QED) is 0.264. The maximum atomic E-state index is 14.0. The molecule has 0 fully saturated rings. The molecule has 122 valence electrons. The molecular weight excluding hydrogens is 414 g/mol. The standard InChI is InChI=1S/C11H5Cl4F5NP/c12-22(13,14,15,21-4-2-1-3-5-21)11-9(19)7(17)6(16)8(18)10(11)20/h1-5H. The summed E-state index contributed by atoms with van der Waals surface area (Å²) in [5, 5.41) is -1.70. The fraction of sp³-hybridized carbons (Fsp3) is 0. The first-order valence-corrected chi connectivity index (χ1v) is 11.7. The summed E-state index contributed by atoms with van der Waals surface area (Å²) in [5.41, 5.74) is 0. The van der Waals surface area contributed by atoms with Gasteiger partial charge >= 0.3 is 140 Å². The molecule has 0 saturated heterocycles. The van der Waals surface area contributed by atoms with Gasteiger partial charge in [-0.3, -0.25) is 0 Å². The van der Waals surface area contributed by atoms with Crippen LogP contribution in [-0.4, -0.2) is 0 Å².